The number of allylic oxidation sites excluding steroid dienone is 1. The summed E-state index contributed by atoms with van der Waals surface area (Å²) in [5.41, 5.74) is 0.174. The largest absolute Gasteiger partial charge is 0.508 e. The number of rotatable bonds is 7. The van der Waals surface area contributed by atoms with Gasteiger partial charge < -0.3 is 9.84 Å². The van der Waals surface area contributed by atoms with Gasteiger partial charge >= 0.3 is 12.1 Å². The summed E-state index contributed by atoms with van der Waals surface area (Å²) < 4.78 is 45.1. The molecule has 0 aliphatic carbocycles. The van der Waals surface area contributed by atoms with Crippen molar-refractivity contribution in [3.63, 3.8) is 0 Å². The summed E-state index contributed by atoms with van der Waals surface area (Å²) in [6.45, 7) is 6.36. The van der Waals surface area contributed by atoms with E-state index in [1.54, 1.807) is 37.3 Å². The number of aromatic hydroxyl groups is 1. The molecule has 1 unspecified atom stereocenters. The smallest absolute Gasteiger partial charge is 0.417 e. The molecule has 3 nitrogen and oxygen atoms in total. The molecule has 1 N–H and O–H groups in total. The van der Waals surface area contributed by atoms with E-state index in [0.717, 1.165) is 31.4 Å². The molecule has 0 bridgehead atoms. The SMILES string of the molecule is C/C=C/c1cc(C(=O)OCCC(C)CCC)ccc1C#Cc1ccc(O)cc1C(F)(F)F. The fraction of sp³-hybridized carbons (Fsp3) is 0.346. The molecule has 1 atom stereocenters. The van der Waals surface area contributed by atoms with Crippen molar-refractivity contribution in [2.24, 2.45) is 5.92 Å². The summed E-state index contributed by atoms with van der Waals surface area (Å²) in [4.78, 5) is 12.4. The molecule has 0 fully saturated rings. The minimum Gasteiger partial charge on any atom is -0.508 e. The Morgan fingerprint density at radius 2 is 1.81 bits per heavy atom. The van der Waals surface area contributed by atoms with Crippen LogP contribution in [0.4, 0.5) is 13.2 Å². The van der Waals surface area contributed by atoms with Gasteiger partial charge in [-0.05, 0) is 61.2 Å². The number of alkyl halides is 3. The molecule has 0 aliphatic rings. The van der Waals surface area contributed by atoms with Gasteiger partial charge in [0.1, 0.15) is 5.75 Å². The number of phenols is 1. The van der Waals surface area contributed by atoms with Gasteiger partial charge in [0.15, 0.2) is 0 Å². The number of hydrogen-bond acceptors (Lipinski definition) is 3. The van der Waals surface area contributed by atoms with Crippen molar-refractivity contribution in [3.8, 4) is 17.6 Å². The molecular weight excluding hydrogens is 417 g/mol. The Balaban J connectivity index is 2.27. The summed E-state index contributed by atoms with van der Waals surface area (Å²) >= 11 is 0. The first-order valence-electron chi connectivity index (χ1n) is 10.5. The first-order valence-corrected chi connectivity index (χ1v) is 10.5. The van der Waals surface area contributed by atoms with Crippen LogP contribution in [0, 0.1) is 17.8 Å². The van der Waals surface area contributed by atoms with Crippen LogP contribution in [0.2, 0.25) is 0 Å². The van der Waals surface area contributed by atoms with Gasteiger partial charge in [0.2, 0.25) is 0 Å². The number of carbonyl (C=O) groups is 1. The molecule has 2 aromatic carbocycles. The Morgan fingerprint density at radius 1 is 1.12 bits per heavy atom. The van der Waals surface area contributed by atoms with Crippen molar-refractivity contribution < 1.29 is 27.8 Å². The van der Waals surface area contributed by atoms with E-state index in [1.807, 2.05) is 0 Å². The fourth-order valence-corrected chi connectivity index (χ4v) is 3.20. The third-order valence-electron chi connectivity index (χ3n) is 4.90. The Morgan fingerprint density at radius 3 is 2.47 bits per heavy atom. The lowest BCUT2D eigenvalue weighted by molar-refractivity contribution is -0.137. The van der Waals surface area contributed by atoms with E-state index in [-0.39, 0.29) is 5.56 Å². The summed E-state index contributed by atoms with van der Waals surface area (Å²) in [6.07, 6.45) is 1.79. The topological polar surface area (TPSA) is 46.5 Å². The minimum absolute atomic E-state index is 0.244. The van der Waals surface area contributed by atoms with E-state index in [0.29, 0.717) is 35.3 Å². The molecule has 2 rings (SSSR count). The Kier molecular flexibility index (Phi) is 8.95. The average Bonchev–Trinajstić information content (AvgIpc) is 2.73. The van der Waals surface area contributed by atoms with E-state index in [1.165, 1.54) is 0 Å². The minimum atomic E-state index is -4.64. The van der Waals surface area contributed by atoms with Gasteiger partial charge in [-0.15, -0.1) is 0 Å². The van der Waals surface area contributed by atoms with Gasteiger partial charge in [-0.3, -0.25) is 0 Å². The first kappa shape index (κ1) is 25.1. The van der Waals surface area contributed by atoms with E-state index in [2.05, 4.69) is 25.7 Å². The van der Waals surface area contributed by atoms with Crippen LogP contribution in [0.25, 0.3) is 6.08 Å². The molecule has 0 amide bonds. The number of ether oxygens (including phenoxy) is 1. The monoisotopic (exact) mass is 444 g/mol. The molecule has 6 heteroatoms. The van der Waals surface area contributed by atoms with Gasteiger partial charge in [-0.25, -0.2) is 4.79 Å². The predicted molar refractivity (Wildman–Crippen MR) is 119 cm³/mol. The lowest BCUT2D eigenvalue weighted by Crippen LogP contribution is -2.09. The summed E-state index contributed by atoms with van der Waals surface area (Å²) in [5, 5.41) is 9.40. The van der Waals surface area contributed by atoms with Crippen molar-refractivity contribution in [1.82, 2.24) is 0 Å². The van der Waals surface area contributed by atoms with E-state index < -0.39 is 23.5 Å². The zero-order valence-electron chi connectivity index (χ0n) is 18.4. The third kappa shape index (κ3) is 7.19. The molecule has 0 aromatic heterocycles. The number of esters is 1. The maximum absolute atomic E-state index is 13.2. The van der Waals surface area contributed by atoms with Crippen LogP contribution >= 0.6 is 0 Å². The fourth-order valence-electron chi connectivity index (χ4n) is 3.20. The van der Waals surface area contributed by atoms with Gasteiger partial charge in [-0.2, -0.15) is 13.2 Å². The Hall–Kier alpha value is -3.20. The van der Waals surface area contributed by atoms with Gasteiger partial charge in [-0.1, -0.05) is 50.7 Å². The van der Waals surface area contributed by atoms with Crippen LogP contribution in [0.5, 0.6) is 5.75 Å². The number of benzene rings is 2. The number of phenolic OH excluding ortho intramolecular Hbond substituents is 1. The Labute approximate surface area is 186 Å². The van der Waals surface area contributed by atoms with Crippen molar-refractivity contribution in [2.75, 3.05) is 6.61 Å². The molecule has 0 spiro atoms. The highest BCUT2D eigenvalue weighted by Gasteiger charge is 2.33. The van der Waals surface area contributed by atoms with Crippen molar-refractivity contribution >= 4 is 12.0 Å². The highest BCUT2D eigenvalue weighted by Crippen LogP contribution is 2.33. The van der Waals surface area contributed by atoms with Crippen LogP contribution in [0.15, 0.2) is 42.5 Å². The molecule has 2 aromatic rings. The molecule has 0 heterocycles. The third-order valence-corrected chi connectivity index (χ3v) is 4.90. The van der Waals surface area contributed by atoms with E-state index in [4.69, 9.17) is 4.74 Å². The van der Waals surface area contributed by atoms with Crippen molar-refractivity contribution in [2.45, 2.75) is 46.2 Å². The molecule has 0 saturated carbocycles. The van der Waals surface area contributed by atoms with Crippen LogP contribution in [0.1, 0.15) is 72.6 Å². The summed E-state index contributed by atoms with van der Waals surface area (Å²) in [5.74, 6) is 4.84. The molecule has 0 radical (unpaired) electrons. The standard InChI is InChI=1S/C26H27F3O3/c1-4-6-18(3)14-15-32-25(31)22-11-9-19(21(16-22)7-5-2)8-10-20-12-13-23(30)17-24(20)26(27,28)29/h5,7,9,11-13,16-18,30H,4,6,14-15H2,1-3H3/b7-5+. The van der Waals surface area contributed by atoms with Gasteiger partial charge in [0, 0.05) is 11.1 Å². The highest BCUT2D eigenvalue weighted by atomic mass is 19.4. The number of carbonyl (C=O) groups excluding carboxylic acids is 1. The van der Waals surface area contributed by atoms with Crippen LogP contribution in [-0.4, -0.2) is 17.7 Å². The molecular formula is C26H27F3O3. The van der Waals surface area contributed by atoms with Gasteiger partial charge in [0.25, 0.3) is 0 Å². The maximum Gasteiger partial charge on any atom is 0.417 e. The summed E-state index contributed by atoms with van der Waals surface area (Å²) in [7, 11) is 0. The van der Waals surface area contributed by atoms with E-state index >= 15 is 0 Å². The molecule has 0 saturated heterocycles. The number of hydrogen-bond donors (Lipinski definition) is 1. The highest BCUT2D eigenvalue weighted by molar-refractivity contribution is 5.90. The second-order valence-corrected chi connectivity index (χ2v) is 7.60. The second-order valence-electron chi connectivity index (χ2n) is 7.60. The first-order chi connectivity index (χ1) is 15.2. The quantitative estimate of drug-likeness (QED) is 0.376. The lowest BCUT2D eigenvalue weighted by atomic mass is 10.0. The zero-order chi connectivity index (χ0) is 23.7. The van der Waals surface area contributed by atoms with E-state index in [9.17, 15) is 23.1 Å². The van der Waals surface area contributed by atoms with Crippen LogP contribution < -0.4 is 0 Å². The average molecular weight is 444 g/mol. The normalized spacial score (nSPS) is 12.3. The lowest BCUT2D eigenvalue weighted by Gasteiger charge is -2.11. The second kappa shape index (κ2) is 11.4. The predicted octanol–water partition coefficient (Wildman–Crippen LogP) is 6.83. The molecule has 170 valence electrons. The van der Waals surface area contributed by atoms with Gasteiger partial charge in [0.05, 0.1) is 17.7 Å². The number of halogens is 3. The zero-order valence-corrected chi connectivity index (χ0v) is 18.4. The van der Waals surface area contributed by atoms with Crippen LogP contribution in [0.3, 0.4) is 0 Å². The summed E-state index contributed by atoms with van der Waals surface area (Å²) in [6, 6.07) is 7.70. The van der Waals surface area contributed by atoms with Crippen molar-refractivity contribution in [3.05, 3.63) is 70.3 Å². The molecule has 32 heavy (non-hydrogen) atoms. The molecule has 0 aliphatic heterocycles. The Bertz CT molecular complexity index is 1030. The van der Waals surface area contributed by atoms with Crippen molar-refractivity contribution in [1.29, 1.82) is 0 Å². The van der Waals surface area contributed by atoms with Crippen LogP contribution in [-0.2, 0) is 10.9 Å². The maximum atomic E-state index is 13.2.